The highest BCUT2D eigenvalue weighted by Crippen LogP contribution is 2.21. The highest BCUT2D eigenvalue weighted by Gasteiger charge is 2.15. The van der Waals surface area contributed by atoms with Gasteiger partial charge in [0.05, 0.1) is 5.69 Å². The van der Waals surface area contributed by atoms with Crippen LogP contribution in [0.15, 0.2) is 18.2 Å². The molecule has 1 aliphatic heterocycles. The Hall–Kier alpha value is -1.09. The van der Waals surface area contributed by atoms with Crippen molar-refractivity contribution in [2.24, 2.45) is 0 Å². The van der Waals surface area contributed by atoms with Gasteiger partial charge in [-0.25, -0.2) is 4.39 Å². The van der Waals surface area contributed by atoms with Crippen LogP contribution in [0.4, 0.5) is 10.1 Å². The van der Waals surface area contributed by atoms with E-state index in [0.717, 1.165) is 43.7 Å². The van der Waals surface area contributed by atoms with Crippen LogP contribution in [-0.2, 0) is 0 Å². The molecule has 0 radical (unpaired) electrons. The minimum absolute atomic E-state index is 0.0915. The summed E-state index contributed by atoms with van der Waals surface area (Å²) < 4.78 is 13.9. The van der Waals surface area contributed by atoms with Crippen LogP contribution in [0.5, 0.6) is 0 Å². The Kier molecular flexibility index (Phi) is 4.00. The van der Waals surface area contributed by atoms with Crippen molar-refractivity contribution in [1.82, 2.24) is 5.32 Å². The number of halogens is 1. The Morgan fingerprint density at radius 3 is 2.94 bits per heavy atom. The Labute approximate surface area is 103 Å². The standard InChI is InChI=1S/C14H21FN2/c1-11-4-5-14(13(15)10-11)17-8-3-7-16-12(2)6-9-17/h4-5,10,12,16H,3,6-9H2,1-2H3. The number of hydrogen-bond acceptors (Lipinski definition) is 2. The van der Waals surface area contributed by atoms with Gasteiger partial charge >= 0.3 is 0 Å². The predicted molar refractivity (Wildman–Crippen MR) is 70.0 cm³/mol. The normalized spacial score (nSPS) is 22.1. The molecule has 0 spiro atoms. The van der Waals surface area contributed by atoms with Crippen molar-refractivity contribution in [3.63, 3.8) is 0 Å². The van der Waals surface area contributed by atoms with Crippen LogP contribution in [0.2, 0.25) is 0 Å². The third kappa shape index (κ3) is 3.19. The maximum absolute atomic E-state index is 13.9. The number of rotatable bonds is 1. The molecule has 0 bridgehead atoms. The average molecular weight is 236 g/mol. The van der Waals surface area contributed by atoms with Gasteiger partial charge in [-0.05, 0) is 50.9 Å². The summed E-state index contributed by atoms with van der Waals surface area (Å²) in [6.45, 7) is 6.99. The number of aryl methyl sites for hydroxylation is 1. The number of anilines is 1. The van der Waals surface area contributed by atoms with Crippen molar-refractivity contribution in [2.45, 2.75) is 32.7 Å². The summed E-state index contributed by atoms with van der Waals surface area (Å²) in [6.07, 6.45) is 2.13. The molecule has 0 saturated carbocycles. The molecule has 3 heteroatoms. The minimum Gasteiger partial charge on any atom is -0.369 e. The minimum atomic E-state index is -0.0915. The molecule has 0 aliphatic carbocycles. The largest absolute Gasteiger partial charge is 0.369 e. The molecule has 1 N–H and O–H groups in total. The Morgan fingerprint density at radius 2 is 2.18 bits per heavy atom. The van der Waals surface area contributed by atoms with Crippen LogP contribution >= 0.6 is 0 Å². The maximum atomic E-state index is 13.9. The fourth-order valence-electron chi connectivity index (χ4n) is 2.29. The quantitative estimate of drug-likeness (QED) is 0.806. The second-order valence-corrected chi connectivity index (χ2v) is 4.94. The predicted octanol–water partition coefficient (Wildman–Crippen LogP) is 2.71. The molecule has 0 aromatic heterocycles. The molecule has 0 amide bonds. The zero-order chi connectivity index (χ0) is 12.3. The van der Waals surface area contributed by atoms with Crippen LogP contribution in [0.25, 0.3) is 0 Å². The molecule has 17 heavy (non-hydrogen) atoms. The molecule has 2 rings (SSSR count). The second-order valence-electron chi connectivity index (χ2n) is 4.94. The highest BCUT2D eigenvalue weighted by atomic mass is 19.1. The van der Waals surface area contributed by atoms with E-state index in [4.69, 9.17) is 0 Å². The molecule has 1 fully saturated rings. The molecule has 2 nitrogen and oxygen atoms in total. The van der Waals surface area contributed by atoms with Crippen LogP contribution < -0.4 is 10.2 Å². The van der Waals surface area contributed by atoms with E-state index in [1.54, 1.807) is 6.07 Å². The number of hydrogen-bond donors (Lipinski definition) is 1. The van der Waals surface area contributed by atoms with Crippen LogP contribution in [0, 0.1) is 12.7 Å². The van der Waals surface area contributed by atoms with E-state index in [1.165, 1.54) is 0 Å². The molecule has 1 atom stereocenters. The molecule has 1 aromatic rings. The molecule has 1 aromatic carbocycles. The smallest absolute Gasteiger partial charge is 0.146 e. The third-order valence-corrected chi connectivity index (χ3v) is 3.37. The highest BCUT2D eigenvalue weighted by molar-refractivity contribution is 5.49. The lowest BCUT2D eigenvalue weighted by Crippen LogP contribution is -2.38. The maximum Gasteiger partial charge on any atom is 0.146 e. The third-order valence-electron chi connectivity index (χ3n) is 3.37. The topological polar surface area (TPSA) is 15.3 Å². The summed E-state index contributed by atoms with van der Waals surface area (Å²) >= 11 is 0. The molecule has 1 heterocycles. The first kappa shape index (κ1) is 12.4. The summed E-state index contributed by atoms with van der Waals surface area (Å²) in [5, 5.41) is 3.46. The summed E-state index contributed by atoms with van der Waals surface area (Å²) in [5.41, 5.74) is 1.73. The zero-order valence-electron chi connectivity index (χ0n) is 10.7. The van der Waals surface area contributed by atoms with Gasteiger partial charge in [0.25, 0.3) is 0 Å². The fourth-order valence-corrected chi connectivity index (χ4v) is 2.29. The van der Waals surface area contributed by atoms with E-state index in [0.29, 0.717) is 6.04 Å². The van der Waals surface area contributed by atoms with E-state index in [-0.39, 0.29) is 5.82 Å². The first-order valence-corrected chi connectivity index (χ1v) is 6.41. The van der Waals surface area contributed by atoms with E-state index < -0.39 is 0 Å². The van der Waals surface area contributed by atoms with E-state index in [9.17, 15) is 4.39 Å². The van der Waals surface area contributed by atoms with Crippen LogP contribution in [-0.4, -0.2) is 25.7 Å². The van der Waals surface area contributed by atoms with Gasteiger partial charge in [0.2, 0.25) is 0 Å². The van der Waals surface area contributed by atoms with Crippen molar-refractivity contribution in [3.05, 3.63) is 29.6 Å². The van der Waals surface area contributed by atoms with Crippen molar-refractivity contribution in [3.8, 4) is 0 Å². The first-order chi connectivity index (χ1) is 8.16. The summed E-state index contributed by atoms with van der Waals surface area (Å²) in [5.74, 6) is -0.0915. The van der Waals surface area contributed by atoms with E-state index in [2.05, 4.69) is 17.1 Å². The summed E-state index contributed by atoms with van der Waals surface area (Å²) in [4.78, 5) is 2.17. The number of nitrogens with one attached hydrogen (secondary N) is 1. The van der Waals surface area contributed by atoms with Crippen molar-refractivity contribution in [1.29, 1.82) is 0 Å². The molecular formula is C14H21FN2. The molecule has 1 saturated heterocycles. The Bertz CT molecular complexity index is 378. The number of benzene rings is 1. The average Bonchev–Trinajstić information content (AvgIpc) is 2.26. The first-order valence-electron chi connectivity index (χ1n) is 6.41. The van der Waals surface area contributed by atoms with Crippen molar-refractivity contribution < 1.29 is 4.39 Å². The van der Waals surface area contributed by atoms with Crippen molar-refractivity contribution in [2.75, 3.05) is 24.5 Å². The van der Waals surface area contributed by atoms with Crippen molar-refractivity contribution >= 4 is 5.69 Å². The van der Waals surface area contributed by atoms with Gasteiger partial charge in [0, 0.05) is 19.1 Å². The lowest BCUT2D eigenvalue weighted by Gasteiger charge is -2.30. The van der Waals surface area contributed by atoms with Crippen LogP contribution in [0.3, 0.4) is 0 Å². The van der Waals surface area contributed by atoms with Gasteiger partial charge < -0.3 is 10.2 Å². The SMILES string of the molecule is Cc1ccc(N2CCCNC(C)CC2)c(F)c1. The van der Waals surface area contributed by atoms with Gasteiger partial charge in [-0.2, -0.15) is 0 Å². The monoisotopic (exact) mass is 236 g/mol. The van der Waals surface area contributed by atoms with Gasteiger partial charge in [0.15, 0.2) is 0 Å². The van der Waals surface area contributed by atoms with Gasteiger partial charge in [-0.15, -0.1) is 0 Å². The second kappa shape index (κ2) is 5.50. The van der Waals surface area contributed by atoms with Gasteiger partial charge in [0.1, 0.15) is 5.82 Å². The Balaban J connectivity index is 2.13. The fraction of sp³-hybridized carbons (Fsp3) is 0.571. The molecule has 94 valence electrons. The molecule has 1 aliphatic rings. The molecular weight excluding hydrogens is 215 g/mol. The summed E-state index contributed by atoms with van der Waals surface area (Å²) in [6, 6.07) is 6.03. The van der Waals surface area contributed by atoms with Gasteiger partial charge in [-0.3, -0.25) is 0 Å². The van der Waals surface area contributed by atoms with Crippen LogP contribution in [0.1, 0.15) is 25.3 Å². The summed E-state index contributed by atoms with van der Waals surface area (Å²) in [7, 11) is 0. The zero-order valence-corrected chi connectivity index (χ0v) is 10.7. The lowest BCUT2D eigenvalue weighted by atomic mass is 10.1. The van der Waals surface area contributed by atoms with Gasteiger partial charge in [-0.1, -0.05) is 6.07 Å². The number of nitrogens with zero attached hydrogens (tertiary/aromatic N) is 1. The molecule has 1 unspecified atom stereocenters. The van der Waals surface area contributed by atoms with E-state index in [1.807, 2.05) is 19.1 Å². The lowest BCUT2D eigenvalue weighted by molar-refractivity contribution is 0.471. The van der Waals surface area contributed by atoms with E-state index >= 15 is 0 Å². The Morgan fingerprint density at radius 1 is 1.35 bits per heavy atom.